The van der Waals surface area contributed by atoms with Crippen LogP contribution in [0.5, 0.6) is 0 Å². The second kappa shape index (κ2) is 4.11. The molecule has 3 N–H and O–H groups in total. The summed E-state index contributed by atoms with van der Waals surface area (Å²) in [5, 5.41) is 28.8. The summed E-state index contributed by atoms with van der Waals surface area (Å²) in [7, 11) is 0. The van der Waals surface area contributed by atoms with Gasteiger partial charge in [0.15, 0.2) is 0 Å². The normalized spacial score (nSPS) is 22.9. The zero-order valence-electron chi connectivity index (χ0n) is 10.00. The zero-order valence-corrected chi connectivity index (χ0v) is 10.00. The van der Waals surface area contributed by atoms with E-state index in [0.29, 0.717) is 17.5 Å². The molecule has 1 aromatic heterocycles. The van der Waals surface area contributed by atoms with Gasteiger partial charge in [-0.2, -0.15) is 5.26 Å². The first kappa shape index (κ1) is 11.8. The van der Waals surface area contributed by atoms with E-state index in [0.717, 1.165) is 10.9 Å². The molecular formula is C14H12N2O3. The maximum absolute atomic E-state index is 10.8. The third-order valence-electron chi connectivity index (χ3n) is 3.73. The smallest absolute Gasteiger partial charge is 0.306 e. The van der Waals surface area contributed by atoms with Gasteiger partial charge in [0.05, 0.1) is 17.6 Å². The molecule has 0 spiro atoms. The van der Waals surface area contributed by atoms with Gasteiger partial charge in [0, 0.05) is 23.0 Å². The minimum atomic E-state index is -0.857. The number of nitrogens with zero attached hydrogens (tertiary/aromatic N) is 1. The van der Waals surface area contributed by atoms with Gasteiger partial charge in [-0.3, -0.25) is 4.79 Å². The Morgan fingerprint density at radius 1 is 1.53 bits per heavy atom. The predicted molar refractivity (Wildman–Crippen MR) is 67.2 cm³/mol. The van der Waals surface area contributed by atoms with Crippen molar-refractivity contribution in [3.8, 4) is 6.07 Å². The van der Waals surface area contributed by atoms with Crippen LogP contribution in [0.15, 0.2) is 24.4 Å². The van der Waals surface area contributed by atoms with Crippen molar-refractivity contribution in [2.75, 3.05) is 0 Å². The number of hydrogen-bond acceptors (Lipinski definition) is 3. The van der Waals surface area contributed by atoms with Gasteiger partial charge >= 0.3 is 5.97 Å². The zero-order chi connectivity index (χ0) is 13.6. The summed E-state index contributed by atoms with van der Waals surface area (Å²) >= 11 is 0. The summed E-state index contributed by atoms with van der Waals surface area (Å²) in [6.07, 6.45) is 1.34. The number of fused-ring (bicyclic) bond motifs is 1. The van der Waals surface area contributed by atoms with Gasteiger partial charge in [0.25, 0.3) is 0 Å². The minimum Gasteiger partial charge on any atom is -0.481 e. The Morgan fingerprint density at radius 2 is 2.32 bits per heavy atom. The van der Waals surface area contributed by atoms with E-state index in [1.54, 1.807) is 24.4 Å². The fraction of sp³-hybridized carbons (Fsp3) is 0.286. The highest BCUT2D eigenvalue weighted by Gasteiger charge is 2.48. The van der Waals surface area contributed by atoms with Crippen LogP contribution in [0, 0.1) is 23.2 Å². The lowest BCUT2D eigenvalue weighted by molar-refractivity contribution is -0.139. The van der Waals surface area contributed by atoms with Gasteiger partial charge in [-0.05, 0) is 24.1 Å². The van der Waals surface area contributed by atoms with E-state index in [-0.39, 0.29) is 5.92 Å². The number of aromatic amines is 1. The lowest BCUT2D eigenvalue weighted by Crippen LogP contribution is -2.06. The number of H-pyrrole nitrogens is 1. The van der Waals surface area contributed by atoms with E-state index in [9.17, 15) is 9.90 Å². The number of aliphatic carboxylic acids is 1. The van der Waals surface area contributed by atoms with E-state index < -0.39 is 18.0 Å². The molecule has 3 unspecified atom stereocenters. The van der Waals surface area contributed by atoms with Crippen LogP contribution < -0.4 is 0 Å². The number of nitrogens with one attached hydrogen (secondary N) is 1. The average molecular weight is 256 g/mol. The number of aliphatic hydroxyl groups is 1. The number of nitriles is 1. The number of carboxylic acids is 1. The molecule has 1 saturated carbocycles. The van der Waals surface area contributed by atoms with Crippen LogP contribution in [-0.2, 0) is 4.79 Å². The van der Waals surface area contributed by atoms with Gasteiger partial charge in [0.2, 0.25) is 0 Å². The predicted octanol–water partition coefficient (Wildman–Crippen LogP) is 1.79. The number of aliphatic hydroxyl groups excluding tert-OH is 1. The molecule has 5 heteroatoms. The maximum Gasteiger partial charge on any atom is 0.306 e. The minimum absolute atomic E-state index is 0.223. The molecule has 1 aliphatic carbocycles. The summed E-state index contributed by atoms with van der Waals surface area (Å²) in [6.45, 7) is 0. The fourth-order valence-electron chi connectivity index (χ4n) is 2.51. The van der Waals surface area contributed by atoms with Gasteiger partial charge in [0.1, 0.15) is 6.07 Å². The summed E-state index contributed by atoms with van der Waals surface area (Å²) in [5.41, 5.74) is 2.02. The van der Waals surface area contributed by atoms with Crippen molar-refractivity contribution in [1.82, 2.24) is 4.98 Å². The molecular weight excluding hydrogens is 244 g/mol. The number of carboxylic acid groups (broad SMARTS) is 1. The van der Waals surface area contributed by atoms with E-state index in [1.165, 1.54) is 0 Å². The van der Waals surface area contributed by atoms with Crippen LogP contribution in [0.4, 0.5) is 0 Å². The number of benzene rings is 1. The maximum atomic E-state index is 10.8. The second-order valence-corrected chi connectivity index (χ2v) is 4.91. The fourth-order valence-corrected chi connectivity index (χ4v) is 2.51. The SMILES string of the molecule is N#Cc1c[nH]c2ccc(C(O)C3CC3C(=O)O)cc12. The van der Waals surface area contributed by atoms with Crippen LogP contribution >= 0.6 is 0 Å². The van der Waals surface area contributed by atoms with Crippen LogP contribution in [0.2, 0.25) is 0 Å². The molecule has 0 amide bonds. The molecule has 0 bridgehead atoms. The molecule has 96 valence electrons. The van der Waals surface area contributed by atoms with Crippen molar-refractivity contribution in [3.63, 3.8) is 0 Å². The summed E-state index contributed by atoms with van der Waals surface area (Å²) in [4.78, 5) is 13.8. The Labute approximate surface area is 109 Å². The highest BCUT2D eigenvalue weighted by Crippen LogP contribution is 2.47. The lowest BCUT2D eigenvalue weighted by atomic mass is 10.0. The number of aromatic nitrogens is 1. The molecule has 5 nitrogen and oxygen atoms in total. The molecule has 1 heterocycles. The Balaban J connectivity index is 1.93. The molecule has 0 aliphatic heterocycles. The van der Waals surface area contributed by atoms with Crippen LogP contribution in [0.25, 0.3) is 10.9 Å². The first-order valence-corrected chi connectivity index (χ1v) is 6.04. The highest BCUT2D eigenvalue weighted by atomic mass is 16.4. The number of rotatable bonds is 3. The van der Waals surface area contributed by atoms with E-state index in [1.807, 2.05) is 0 Å². The molecule has 1 aromatic carbocycles. The van der Waals surface area contributed by atoms with Crippen LogP contribution in [0.3, 0.4) is 0 Å². The second-order valence-electron chi connectivity index (χ2n) is 4.91. The Hall–Kier alpha value is -2.32. The van der Waals surface area contributed by atoms with Crippen molar-refractivity contribution >= 4 is 16.9 Å². The molecule has 1 fully saturated rings. The van der Waals surface area contributed by atoms with E-state index in [2.05, 4.69) is 11.1 Å². The number of carbonyl (C=O) groups is 1. The molecule has 0 radical (unpaired) electrons. The van der Waals surface area contributed by atoms with Gasteiger partial charge in [-0.1, -0.05) is 6.07 Å². The van der Waals surface area contributed by atoms with Crippen LogP contribution in [0.1, 0.15) is 23.7 Å². The van der Waals surface area contributed by atoms with E-state index in [4.69, 9.17) is 10.4 Å². The molecule has 0 saturated heterocycles. The molecule has 3 rings (SSSR count). The Morgan fingerprint density at radius 3 is 2.95 bits per heavy atom. The molecule has 1 aliphatic rings. The van der Waals surface area contributed by atoms with Crippen molar-refractivity contribution in [2.24, 2.45) is 11.8 Å². The summed E-state index contributed by atoms with van der Waals surface area (Å²) in [6, 6.07) is 7.40. The van der Waals surface area contributed by atoms with Crippen molar-refractivity contribution in [3.05, 3.63) is 35.5 Å². The van der Waals surface area contributed by atoms with Gasteiger partial charge in [-0.25, -0.2) is 0 Å². The lowest BCUT2D eigenvalue weighted by Gasteiger charge is -2.10. The van der Waals surface area contributed by atoms with E-state index >= 15 is 0 Å². The largest absolute Gasteiger partial charge is 0.481 e. The van der Waals surface area contributed by atoms with Crippen molar-refractivity contribution < 1.29 is 15.0 Å². The third-order valence-corrected chi connectivity index (χ3v) is 3.73. The van der Waals surface area contributed by atoms with Gasteiger partial charge in [-0.15, -0.1) is 0 Å². The summed E-state index contributed by atoms with van der Waals surface area (Å²) in [5.74, 6) is -1.53. The topological polar surface area (TPSA) is 97.1 Å². The third kappa shape index (κ3) is 1.86. The first-order valence-electron chi connectivity index (χ1n) is 6.04. The van der Waals surface area contributed by atoms with Gasteiger partial charge < -0.3 is 15.2 Å². The highest BCUT2D eigenvalue weighted by molar-refractivity contribution is 5.86. The quantitative estimate of drug-likeness (QED) is 0.779. The van der Waals surface area contributed by atoms with Crippen molar-refractivity contribution in [2.45, 2.75) is 12.5 Å². The summed E-state index contributed by atoms with van der Waals surface area (Å²) < 4.78 is 0. The monoisotopic (exact) mass is 256 g/mol. The standard InChI is InChI=1S/C14H12N2O3/c15-5-8-6-16-12-2-1-7(3-9(8)12)13(17)10-4-11(10)14(18)19/h1-3,6,10-11,13,16-17H,4H2,(H,18,19). The van der Waals surface area contributed by atoms with Crippen LogP contribution in [-0.4, -0.2) is 21.2 Å². The molecule has 19 heavy (non-hydrogen) atoms. The van der Waals surface area contributed by atoms with Crippen molar-refractivity contribution in [1.29, 1.82) is 5.26 Å². The Kier molecular flexibility index (Phi) is 2.54. The molecule has 3 atom stereocenters. The number of hydrogen-bond donors (Lipinski definition) is 3. The first-order chi connectivity index (χ1) is 9.11. The molecule has 2 aromatic rings. The Bertz CT molecular complexity index is 698. The average Bonchev–Trinajstić information content (AvgIpc) is 3.11.